The first-order valence-corrected chi connectivity index (χ1v) is 10.4. The van der Waals surface area contributed by atoms with Crippen LogP contribution >= 0.6 is 12.4 Å². The van der Waals surface area contributed by atoms with Gasteiger partial charge in [-0.15, -0.1) is 12.4 Å². The van der Waals surface area contributed by atoms with Gasteiger partial charge in [0.05, 0.1) is 10.7 Å². The lowest BCUT2D eigenvalue weighted by molar-refractivity contribution is -0.138. The summed E-state index contributed by atoms with van der Waals surface area (Å²) in [6.45, 7) is 6.18. The van der Waals surface area contributed by atoms with Gasteiger partial charge in [0.2, 0.25) is 0 Å². The Labute approximate surface area is 162 Å². The van der Waals surface area contributed by atoms with E-state index in [0.29, 0.717) is 12.6 Å². The molecule has 1 heterocycles. The molecule has 0 bridgehead atoms. The van der Waals surface area contributed by atoms with Gasteiger partial charge in [0, 0.05) is 31.8 Å². The average Bonchev–Trinajstić information content (AvgIpc) is 3.07. The first kappa shape index (κ1) is 23.0. The fraction of sp³-hybridized carbons (Fsp3) is 0.706. The van der Waals surface area contributed by atoms with Crippen LogP contribution in [0.4, 0.5) is 0 Å². The number of carbonyl (C=O) groups excluding carboxylic acids is 1. The summed E-state index contributed by atoms with van der Waals surface area (Å²) in [5.74, 6) is -0.409. The van der Waals surface area contributed by atoms with Crippen LogP contribution in [0.3, 0.4) is 0 Å². The van der Waals surface area contributed by atoms with E-state index in [0.717, 1.165) is 25.9 Å². The van der Waals surface area contributed by atoms with Gasteiger partial charge in [0.1, 0.15) is 0 Å². The maximum atomic E-state index is 12.8. The van der Waals surface area contributed by atoms with E-state index in [1.165, 1.54) is 13.2 Å². The molecular weight excluding hydrogens is 378 g/mol. The highest BCUT2D eigenvalue weighted by molar-refractivity contribution is 7.95. The second kappa shape index (κ2) is 9.21. The Morgan fingerprint density at radius 2 is 2.15 bits per heavy atom. The van der Waals surface area contributed by atoms with Crippen molar-refractivity contribution in [3.8, 4) is 0 Å². The van der Waals surface area contributed by atoms with E-state index in [2.05, 4.69) is 17.1 Å². The topological polar surface area (TPSA) is 102 Å². The third-order valence-corrected chi connectivity index (χ3v) is 6.92. The lowest BCUT2D eigenvalue weighted by Crippen LogP contribution is -2.51. The van der Waals surface area contributed by atoms with Crippen LogP contribution < -0.4 is 11.1 Å². The average molecular weight is 408 g/mol. The van der Waals surface area contributed by atoms with Crippen LogP contribution in [-0.2, 0) is 19.4 Å². The molecule has 2 aliphatic rings. The molecule has 1 saturated heterocycles. The summed E-state index contributed by atoms with van der Waals surface area (Å²) in [4.78, 5) is 15.1. The number of halogens is 1. The highest BCUT2D eigenvalue weighted by atomic mass is 35.5. The first-order chi connectivity index (χ1) is 11.8. The molecule has 150 valence electrons. The molecule has 26 heavy (non-hydrogen) atoms. The minimum atomic E-state index is -3.53. The number of likely N-dealkylation sites (tertiary alicyclic amines) is 1. The molecule has 0 radical (unpaired) electrons. The highest BCUT2D eigenvalue weighted by Crippen LogP contribution is 2.30. The third kappa shape index (κ3) is 4.60. The molecule has 1 amide bonds. The van der Waals surface area contributed by atoms with Gasteiger partial charge in [-0.05, 0) is 32.0 Å². The molecule has 0 aromatic rings. The van der Waals surface area contributed by atoms with Gasteiger partial charge >= 0.3 is 0 Å². The Bertz CT molecular complexity index is 677. The van der Waals surface area contributed by atoms with Gasteiger partial charge in [-0.25, -0.2) is 8.42 Å². The standard InChI is InChI=1S/C17H29N3O4S.ClH/c1-4-20-10-6-7-13(20)12-19-16(21)17(24-3)9-8-14(18)15(11-17)25(22,23)5-2;/h8,11,13H,4-7,9-10,12,18H2,1-3H3,(H,19,21);1H/t13?,17-;/m0./s1. The van der Waals surface area contributed by atoms with Crippen LogP contribution in [0.5, 0.6) is 0 Å². The fourth-order valence-electron chi connectivity index (χ4n) is 3.44. The van der Waals surface area contributed by atoms with Crippen LogP contribution in [0.1, 0.15) is 33.1 Å². The molecule has 9 heteroatoms. The van der Waals surface area contributed by atoms with Crippen molar-refractivity contribution in [3.63, 3.8) is 0 Å². The molecular formula is C17H30ClN3O4S. The molecule has 0 spiro atoms. The Morgan fingerprint density at radius 1 is 1.46 bits per heavy atom. The predicted molar refractivity (Wildman–Crippen MR) is 105 cm³/mol. The quantitative estimate of drug-likeness (QED) is 0.651. The SMILES string of the molecule is CCN1CCCC1CNC(=O)[C@@]1(OC)C=C(S(=O)(=O)CC)C(N)=CC1.Cl. The number of rotatable bonds is 7. The molecule has 0 saturated carbocycles. The Balaban J connectivity index is 0.00000338. The number of ether oxygens (including phenoxy) is 1. The normalized spacial score (nSPS) is 26.7. The lowest BCUT2D eigenvalue weighted by atomic mass is 9.92. The Kier molecular flexibility index (Phi) is 8.13. The van der Waals surface area contributed by atoms with Crippen LogP contribution in [0.25, 0.3) is 0 Å². The van der Waals surface area contributed by atoms with Crippen molar-refractivity contribution in [1.82, 2.24) is 10.2 Å². The van der Waals surface area contributed by atoms with E-state index >= 15 is 0 Å². The zero-order chi connectivity index (χ0) is 18.7. The molecule has 7 nitrogen and oxygen atoms in total. The maximum Gasteiger partial charge on any atom is 0.256 e. The minimum absolute atomic E-state index is 0. The van der Waals surface area contributed by atoms with Crippen molar-refractivity contribution < 1.29 is 17.9 Å². The smallest absolute Gasteiger partial charge is 0.256 e. The number of methoxy groups -OCH3 is 1. The molecule has 1 unspecified atom stereocenters. The lowest BCUT2D eigenvalue weighted by Gasteiger charge is -2.32. The number of nitrogens with two attached hydrogens (primary N) is 1. The summed E-state index contributed by atoms with van der Waals surface area (Å²) in [5, 5.41) is 2.94. The molecule has 1 aliphatic carbocycles. The Hall–Kier alpha value is -1.09. The van der Waals surface area contributed by atoms with Crippen molar-refractivity contribution >= 4 is 28.2 Å². The zero-order valence-corrected chi connectivity index (χ0v) is 17.3. The second-order valence-electron chi connectivity index (χ2n) is 6.50. The van der Waals surface area contributed by atoms with Gasteiger partial charge in [0.25, 0.3) is 5.91 Å². The predicted octanol–water partition coefficient (Wildman–Crippen LogP) is 0.959. The van der Waals surface area contributed by atoms with Gasteiger partial charge in [-0.1, -0.05) is 19.9 Å². The van der Waals surface area contributed by atoms with Crippen LogP contribution in [0, 0.1) is 0 Å². The van der Waals surface area contributed by atoms with E-state index in [1.807, 2.05) is 0 Å². The summed E-state index contributed by atoms with van der Waals surface area (Å²) < 4.78 is 30.0. The number of nitrogens with zero attached hydrogens (tertiary/aromatic N) is 1. The van der Waals surface area contributed by atoms with Crippen molar-refractivity contribution in [2.24, 2.45) is 5.73 Å². The number of sulfone groups is 1. The number of carbonyl (C=O) groups is 1. The van der Waals surface area contributed by atoms with Crippen molar-refractivity contribution in [2.45, 2.75) is 44.8 Å². The van der Waals surface area contributed by atoms with Crippen LogP contribution in [0.15, 0.2) is 22.8 Å². The van der Waals surface area contributed by atoms with Gasteiger partial charge < -0.3 is 15.8 Å². The number of amides is 1. The monoisotopic (exact) mass is 407 g/mol. The summed E-state index contributed by atoms with van der Waals surface area (Å²) in [6.07, 6.45) is 5.31. The molecule has 1 aliphatic heterocycles. The number of nitrogens with one attached hydrogen (secondary N) is 1. The Morgan fingerprint density at radius 3 is 2.73 bits per heavy atom. The summed E-state index contributed by atoms with van der Waals surface area (Å²) in [7, 11) is -2.12. The molecule has 0 aromatic heterocycles. The second-order valence-corrected chi connectivity index (χ2v) is 8.75. The first-order valence-electron chi connectivity index (χ1n) is 8.78. The molecule has 2 atom stereocenters. The van der Waals surface area contributed by atoms with E-state index in [1.54, 1.807) is 13.0 Å². The largest absolute Gasteiger partial charge is 0.398 e. The molecule has 2 rings (SSSR count). The molecule has 1 fully saturated rings. The van der Waals surface area contributed by atoms with Gasteiger partial charge in [0.15, 0.2) is 15.4 Å². The number of hydrogen-bond donors (Lipinski definition) is 2. The third-order valence-electron chi connectivity index (χ3n) is 5.14. The van der Waals surface area contributed by atoms with Gasteiger partial charge in [-0.3, -0.25) is 9.69 Å². The summed E-state index contributed by atoms with van der Waals surface area (Å²) in [5.41, 5.74) is 4.69. The van der Waals surface area contributed by atoms with Crippen molar-refractivity contribution in [2.75, 3.05) is 32.5 Å². The minimum Gasteiger partial charge on any atom is -0.398 e. The van der Waals surface area contributed by atoms with Crippen molar-refractivity contribution in [3.05, 3.63) is 22.8 Å². The number of hydrogen-bond acceptors (Lipinski definition) is 6. The van der Waals surface area contributed by atoms with Crippen LogP contribution in [0.2, 0.25) is 0 Å². The summed E-state index contributed by atoms with van der Waals surface area (Å²) in [6, 6.07) is 0.315. The van der Waals surface area contributed by atoms with E-state index < -0.39 is 15.4 Å². The molecule has 3 N–H and O–H groups in total. The van der Waals surface area contributed by atoms with E-state index in [9.17, 15) is 13.2 Å². The summed E-state index contributed by atoms with van der Waals surface area (Å²) >= 11 is 0. The highest BCUT2D eigenvalue weighted by Gasteiger charge is 2.41. The van der Waals surface area contributed by atoms with Crippen LogP contribution in [-0.4, -0.2) is 63.4 Å². The van der Waals surface area contributed by atoms with E-state index in [-0.39, 0.29) is 41.1 Å². The zero-order valence-electron chi connectivity index (χ0n) is 15.7. The maximum absolute atomic E-state index is 12.8. The van der Waals surface area contributed by atoms with Gasteiger partial charge in [-0.2, -0.15) is 0 Å². The van der Waals surface area contributed by atoms with E-state index in [4.69, 9.17) is 10.5 Å². The molecule has 0 aromatic carbocycles. The fourth-order valence-corrected chi connectivity index (χ4v) is 4.56. The van der Waals surface area contributed by atoms with Crippen molar-refractivity contribution in [1.29, 1.82) is 0 Å². The number of likely N-dealkylation sites (N-methyl/N-ethyl adjacent to an activating group) is 1.